The van der Waals surface area contributed by atoms with Crippen LogP contribution in [0, 0.1) is 5.92 Å². The van der Waals surface area contributed by atoms with Gasteiger partial charge in [0.1, 0.15) is 0 Å². The van der Waals surface area contributed by atoms with Gasteiger partial charge < -0.3 is 5.32 Å². The standard InChI is InChI=1S/C18H20ClNO/c1-13(2)17(15-8-10-16(19)11-9-15)18(21)20-12-14-6-4-3-5-7-14/h3-11,13,17H,12H2,1-2H3,(H,20,21)/t17-/m0/s1. The van der Waals surface area contributed by atoms with Gasteiger partial charge in [-0.15, -0.1) is 0 Å². The van der Waals surface area contributed by atoms with Crippen LogP contribution in [-0.4, -0.2) is 5.91 Å². The van der Waals surface area contributed by atoms with Crippen LogP contribution < -0.4 is 5.32 Å². The zero-order chi connectivity index (χ0) is 15.2. The highest BCUT2D eigenvalue weighted by atomic mass is 35.5. The molecule has 1 amide bonds. The molecule has 2 rings (SSSR count). The number of carbonyl (C=O) groups is 1. The fourth-order valence-electron chi connectivity index (χ4n) is 2.40. The molecule has 0 aliphatic carbocycles. The Labute approximate surface area is 131 Å². The van der Waals surface area contributed by atoms with E-state index in [1.807, 2.05) is 54.6 Å². The Kier molecular flexibility index (Phi) is 5.40. The Balaban J connectivity index is 2.07. The lowest BCUT2D eigenvalue weighted by atomic mass is 9.87. The zero-order valence-corrected chi connectivity index (χ0v) is 13.1. The number of halogens is 1. The molecule has 1 N–H and O–H groups in total. The molecule has 2 nitrogen and oxygen atoms in total. The van der Waals surface area contributed by atoms with Crippen molar-refractivity contribution in [3.8, 4) is 0 Å². The number of hydrogen-bond donors (Lipinski definition) is 1. The maximum absolute atomic E-state index is 12.5. The van der Waals surface area contributed by atoms with Crippen LogP contribution in [0.4, 0.5) is 0 Å². The number of carbonyl (C=O) groups excluding carboxylic acids is 1. The molecular weight excluding hydrogens is 282 g/mol. The van der Waals surface area contributed by atoms with Crippen molar-refractivity contribution in [3.05, 3.63) is 70.7 Å². The number of amides is 1. The highest BCUT2D eigenvalue weighted by molar-refractivity contribution is 6.30. The third kappa shape index (κ3) is 4.33. The Morgan fingerprint density at radius 2 is 1.67 bits per heavy atom. The predicted molar refractivity (Wildman–Crippen MR) is 87.3 cm³/mol. The van der Waals surface area contributed by atoms with Crippen LogP contribution in [0.25, 0.3) is 0 Å². The third-order valence-electron chi connectivity index (χ3n) is 3.49. The van der Waals surface area contributed by atoms with E-state index >= 15 is 0 Å². The van der Waals surface area contributed by atoms with Gasteiger partial charge in [0.05, 0.1) is 5.92 Å². The molecule has 0 bridgehead atoms. The maximum Gasteiger partial charge on any atom is 0.228 e. The van der Waals surface area contributed by atoms with Crippen molar-refractivity contribution in [2.75, 3.05) is 0 Å². The van der Waals surface area contributed by atoms with Gasteiger partial charge in [0.2, 0.25) is 5.91 Å². The van der Waals surface area contributed by atoms with E-state index in [9.17, 15) is 4.79 Å². The van der Waals surface area contributed by atoms with Gasteiger partial charge in [-0.05, 0) is 29.2 Å². The molecule has 0 saturated carbocycles. The van der Waals surface area contributed by atoms with E-state index in [2.05, 4.69) is 19.2 Å². The van der Waals surface area contributed by atoms with Crippen LogP contribution in [0.2, 0.25) is 5.02 Å². The van der Waals surface area contributed by atoms with E-state index in [1.54, 1.807) is 0 Å². The van der Waals surface area contributed by atoms with E-state index in [0.717, 1.165) is 11.1 Å². The lowest BCUT2D eigenvalue weighted by Crippen LogP contribution is -2.31. The van der Waals surface area contributed by atoms with Gasteiger partial charge in [-0.2, -0.15) is 0 Å². The Hall–Kier alpha value is -1.80. The van der Waals surface area contributed by atoms with E-state index in [1.165, 1.54) is 0 Å². The van der Waals surface area contributed by atoms with Gasteiger partial charge in [0, 0.05) is 11.6 Å². The molecule has 21 heavy (non-hydrogen) atoms. The summed E-state index contributed by atoms with van der Waals surface area (Å²) >= 11 is 5.92. The zero-order valence-electron chi connectivity index (χ0n) is 12.3. The predicted octanol–water partition coefficient (Wildman–Crippen LogP) is 4.40. The molecule has 0 fully saturated rings. The summed E-state index contributed by atoms with van der Waals surface area (Å²) in [6.45, 7) is 4.67. The fraction of sp³-hybridized carbons (Fsp3) is 0.278. The quantitative estimate of drug-likeness (QED) is 0.871. The number of nitrogens with one attached hydrogen (secondary N) is 1. The Morgan fingerprint density at radius 3 is 2.24 bits per heavy atom. The SMILES string of the molecule is CC(C)[C@H](C(=O)NCc1ccccc1)c1ccc(Cl)cc1. The molecule has 0 aromatic heterocycles. The maximum atomic E-state index is 12.5. The third-order valence-corrected chi connectivity index (χ3v) is 3.74. The van der Waals surface area contributed by atoms with E-state index in [0.29, 0.717) is 11.6 Å². The van der Waals surface area contributed by atoms with Crippen molar-refractivity contribution >= 4 is 17.5 Å². The largest absolute Gasteiger partial charge is 0.351 e. The second kappa shape index (κ2) is 7.28. The van der Waals surface area contributed by atoms with Crippen molar-refractivity contribution in [1.82, 2.24) is 5.32 Å². The molecule has 2 aromatic carbocycles. The first-order chi connectivity index (χ1) is 10.1. The fourth-order valence-corrected chi connectivity index (χ4v) is 2.53. The van der Waals surface area contributed by atoms with Crippen LogP contribution in [0.3, 0.4) is 0 Å². The second-order valence-electron chi connectivity index (χ2n) is 5.48. The average Bonchev–Trinajstić information content (AvgIpc) is 2.48. The first kappa shape index (κ1) is 15.6. The summed E-state index contributed by atoms with van der Waals surface area (Å²) < 4.78 is 0. The van der Waals surface area contributed by atoms with Crippen LogP contribution >= 0.6 is 11.6 Å². The number of benzene rings is 2. The number of hydrogen-bond acceptors (Lipinski definition) is 1. The lowest BCUT2D eigenvalue weighted by molar-refractivity contribution is -0.123. The first-order valence-corrected chi connectivity index (χ1v) is 7.53. The summed E-state index contributed by atoms with van der Waals surface area (Å²) in [7, 11) is 0. The minimum atomic E-state index is -0.161. The first-order valence-electron chi connectivity index (χ1n) is 7.15. The molecule has 3 heteroatoms. The molecule has 0 unspecified atom stereocenters. The van der Waals surface area contributed by atoms with Crippen molar-refractivity contribution in [1.29, 1.82) is 0 Å². The summed E-state index contributed by atoms with van der Waals surface area (Å²) in [6, 6.07) is 17.4. The van der Waals surface area contributed by atoms with Crippen molar-refractivity contribution in [2.45, 2.75) is 26.3 Å². The van der Waals surface area contributed by atoms with Gasteiger partial charge in [0.15, 0.2) is 0 Å². The minimum Gasteiger partial charge on any atom is -0.351 e. The molecule has 0 aliphatic heterocycles. The highest BCUT2D eigenvalue weighted by Gasteiger charge is 2.23. The minimum absolute atomic E-state index is 0.0520. The average molecular weight is 302 g/mol. The normalized spacial score (nSPS) is 12.2. The summed E-state index contributed by atoms with van der Waals surface area (Å²) in [5.41, 5.74) is 2.10. The smallest absolute Gasteiger partial charge is 0.228 e. The molecule has 0 saturated heterocycles. The summed E-state index contributed by atoms with van der Waals surface area (Å²) in [4.78, 5) is 12.5. The van der Waals surface area contributed by atoms with Gasteiger partial charge in [-0.1, -0.05) is 67.9 Å². The molecule has 0 heterocycles. The van der Waals surface area contributed by atoms with Crippen LogP contribution in [-0.2, 0) is 11.3 Å². The van der Waals surface area contributed by atoms with Crippen LogP contribution in [0.15, 0.2) is 54.6 Å². The molecular formula is C18H20ClNO. The van der Waals surface area contributed by atoms with Gasteiger partial charge in [-0.3, -0.25) is 4.79 Å². The van der Waals surface area contributed by atoms with E-state index in [4.69, 9.17) is 11.6 Å². The van der Waals surface area contributed by atoms with Gasteiger partial charge in [0.25, 0.3) is 0 Å². The second-order valence-corrected chi connectivity index (χ2v) is 5.91. The topological polar surface area (TPSA) is 29.1 Å². The molecule has 1 atom stereocenters. The summed E-state index contributed by atoms with van der Waals surface area (Å²) in [6.07, 6.45) is 0. The lowest BCUT2D eigenvalue weighted by Gasteiger charge is -2.21. The summed E-state index contributed by atoms with van der Waals surface area (Å²) in [5, 5.41) is 3.71. The molecule has 0 radical (unpaired) electrons. The van der Waals surface area contributed by atoms with E-state index in [-0.39, 0.29) is 17.7 Å². The van der Waals surface area contributed by atoms with Crippen molar-refractivity contribution in [2.24, 2.45) is 5.92 Å². The monoisotopic (exact) mass is 301 g/mol. The van der Waals surface area contributed by atoms with Crippen molar-refractivity contribution in [3.63, 3.8) is 0 Å². The van der Waals surface area contributed by atoms with E-state index < -0.39 is 0 Å². The van der Waals surface area contributed by atoms with Gasteiger partial charge in [-0.25, -0.2) is 0 Å². The molecule has 2 aromatic rings. The molecule has 0 spiro atoms. The Morgan fingerprint density at radius 1 is 1.05 bits per heavy atom. The number of rotatable bonds is 5. The van der Waals surface area contributed by atoms with Crippen LogP contribution in [0.5, 0.6) is 0 Å². The highest BCUT2D eigenvalue weighted by Crippen LogP contribution is 2.26. The van der Waals surface area contributed by atoms with Gasteiger partial charge >= 0.3 is 0 Å². The molecule has 110 valence electrons. The van der Waals surface area contributed by atoms with Crippen LogP contribution in [0.1, 0.15) is 30.9 Å². The summed E-state index contributed by atoms with van der Waals surface area (Å²) in [5.74, 6) is 0.115. The Bertz CT molecular complexity index is 578. The van der Waals surface area contributed by atoms with Crippen molar-refractivity contribution < 1.29 is 4.79 Å². The molecule has 0 aliphatic rings.